The van der Waals surface area contributed by atoms with Crippen LogP contribution in [0.3, 0.4) is 0 Å². The lowest BCUT2D eigenvalue weighted by Gasteiger charge is -2.36. The number of likely N-dealkylation sites (tertiary alicyclic amines) is 1. The highest BCUT2D eigenvalue weighted by molar-refractivity contribution is 5.87. The number of rotatable bonds is 6. The van der Waals surface area contributed by atoms with Crippen LogP contribution >= 0.6 is 0 Å². The second kappa shape index (κ2) is 9.20. The minimum absolute atomic E-state index is 0.0826. The second-order valence-electron chi connectivity index (χ2n) is 7.96. The number of carbonyl (C=O) groups is 2. The van der Waals surface area contributed by atoms with E-state index in [2.05, 4.69) is 44.3 Å². The summed E-state index contributed by atoms with van der Waals surface area (Å²) in [5, 5.41) is 2.86. The van der Waals surface area contributed by atoms with Gasteiger partial charge in [0, 0.05) is 20.0 Å². The van der Waals surface area contributed by atoms with E-state index < -0.39 is 6.04 Å². The molecule has 0 aliphatic carbocycles. The standard InChI is InChI=1S/C22H34N2O2/c1-6-15(2)21(23-18(5)25)22(26)24-11-9-19(10-12-24)14-20-8-7-16(3)17(4)13-20/h7-8,13,15,19,21H,6,9-12,14H2,1-5H3,(H,23,25)/t15-,21-/m0/s1. The van der Waals surface area contributed by atoms with E-state index >= 15 is 0 Å². The lowest BCUT2D eigenvalue weighted by Crippen LogP contribution is -2.53. The van der Waals surface area contributed by atoms with Crippen molar-refractivity contribution in [1.29, 1.82) is 0 Å². The molecule has 0 unspecified atom stereocenters. The van der Waals surface area contributed by atoms with Gasteiger partial charge in [-0.15, -0.1) is 0 Å². The molecule has 1 N–H and O–H groups in total. The molecule has 0 aromatic heterocycles. The van der Waals surface area contributed by atoms with Crippen molar-refractivity contribution in [3.05, 3.63) is 34.9 Å². The summed E-state index contributed by atoms with van der Waals surface area (Å²) in [5.41, 5.74) is 4.08. The molecule has 1 heterocycles. The highest BCUT2D eigenvalue weighted by atomic mass is 16.2. The molecule has 1 aliphatic rings. The lowest BCUT2D eigenvalue weighted by molar-refractivity contribution is -0.138. The Hall–Kier alpha value is -1.84. The van der Waals surface area contributed by atoms with Crippen molar-refractivity contribution in [1.82, 2.24) is 10.2 Å². The highest BCUT2D eigenvalue weighted by Gasteiger charge is 2.31. The monoisotopic (exact) mass is 358 g/mol. The summed E-state index contributed by atoms with van der Waals surface area (Å²) in [6.07, 6.45) is 4.03. The number of aryl methyl sites for hydroxylation is 2. The van der Waals surface area contributed by atoms with Gasteiger partial charge < -0.3 is 10.2 Å². The average Bonchev–Trinajstić information content (AvgIpc) is 2.62. The Morgan fingerprint density at radius 1 is 1.19 bits per heavy atom. The number of nitrogens with one attached hydrogen (secondary N) is 1. The summed E-state index contributed by atoms with van der Waals surface area (Å²) in [6.45, 7) is 11.5. The first-order valence-corrected chi connectivity index (χ1v) is 9.93. The van der Waals surface area contributed by atoms with Gasteiger partial charge in [-0.25, -0.2) is 0 Å². The van der Waals surface area contributed by atoms with Crippen LogP contribution in [0.2, 0.25) is 0 Å². The summed E-state index contributed by atoms with van der Waals surface area (Å²) in [5.74, 6) is 0.732. The first-order chi connectivity index (χ1) is 12.3. The van der Waals surface area contributed by atoms with E-state index in [-0.39, 0.29) is 17.7 Å². The fourth-order valence-electron chi connectivity index (χ4n) is 3.72. The Labute approximate surface area is 158 Å². The summed E-state index contributed by atoms with van der Waals surface area (Å²) in [6, 6.07) is 6.33. The zero-order valence-electron chi connectivity index (χ0n) is 17.0. The Morgan fingerprint density at radius 3 is 2.38 bits per heavy atom. The number of amides is 2. The molecule has 2 atom stereocenters. The molecule has 144 valence electrons. The van der Waals surface area contributed by atoms with E-state index in [9.17, 15) is 9.59 Å². The van der Waals surface area contributed by atoms with Crippen LogP contribution in [-0.2, 0) is 16.0 Å². The minimum atomic E-state index is -0.395. The summed E-state index contributed by atoms with van der Waals surface area (Å²) < 4.78 is 0. The van der Waals surface area contributed by atoms with Crippen LogP contribution in [0, 0.1) is 25.7 Å². The van der Waals surface area contributed by atoms with Crippen molar-refractivity contribution in [3.63, 3.8) is 0 Å². The van der Waals surface area contributed by atoms with Crippen molar-refractivity contribution >= 4 is 11.8 Å². The van der Waals surface area contributed by atoms with Crippen LogP contribution in [0.5, 0.6) is 0 Å². The minimum Gasteiger partial charge on any atom is -0.344 e. The van der Waals surface area contributed by atoms with Crippen LogP contribution in [-0.4, -0.2) is 35.8 Å². The maximum Gasteiger partial charge on any atom is 0.245 e. The normalized spacial score (nSPS) is 17.7. The Kier molecular flexibility index (Phi) is 7.24. The van der Waals surface area contributed by atoms with E-state index in [1.54, 1.807) is 0 Å². The molecular weight excluding hydrogens is 324 g/mol. The van der Waals surface area contributed by atoms with E-state index in [1.807, 2.05) is 11.8 Å². The first-order valence-electron chi connectivity index (χ1n) is 9.93. The van der Waals surface area contributed by atoms with Gasteiger partial charge in [-0.3, -0.25) is 9.59 Å². The fourth-order valence-corrected chi connectivity index (χ4v) is 3.72. The van der Waals surface area contributed by atoms with Crippen molar-refractivity contribution in [2.45, 2.75) is 66.3 Å². The van der Waals surface area contributed by atoms with E-state index in [0.717, 1.165) is 38.8 Å². The summed E-state index contributed by atoms with van der Waals surface area (Å²) in [4.78, 5) is 26.3. The van der Waals surface area contributed by atoms with Gasteiger partial charge in [0.25, 0.3) is 0 Å². The number of carbonyl (C=O) groups excluding carboxylic acids is 2. The lowest BCUT2D eigenvalue weighted by atomic mass is 9.88. The van der Waals surface area contributed by atoms with Crippen molar-refractivity contribution in [3.8, 4) is 0 Å². The quantitative estimate of drug-likeness (QED) is 0.844. The zero-order valence-corrected chi connectivity index (χ0v) is 17.0. The zero-order chi connectivity index (χ0) is 19.3. The molecular formula is C22H34N2O2. The average molecular weight is 359 g/mol. The van der Waals surface area contributed by atoms with Crippen LogP contribution < -0.4 is 5.32 Å². The molecule has 0 bridgehead atoms. The maximum atomic E-state index is 12.9. The highest BCUT2D eigenvalue weighted by Crippen LogP contribution is 2.24. The molecule has 0 radical (unpaired) electrons. The molecule has 0 spiro atoms. The molecule has 1 saturated heterocycles. The van der Waals surface area contributed by atoms with Crippen LogP contribution in [0.1, 0.15) is 56.7 Å². The number of benzene rings is 1. The Balaban J connectivity index is 1.92. The van der Waals surface area contributed by atoms with E-state index in [4.69, 9.17) is 0 Å². The van der Waals surface area contributed by atoms with Gasteiger partial charge in [0.2, 0.25) is 11.8 Å². The number of hydrogen-bond acceptors (Lipinski definition) is 2. The number of hydrogen-bond donors (Lipinski definition) is 1. The molecule has 4 nitrogen and oxygen atoms in total. The number of piperidine rings is 1. The molecule has 26 heavy (non-hydrogen) atoms. The third-order valence-electron chi connectivity index (χ3n) is 5.86. The van der Waals surface area contributed by atoms with Gasteiger partial charge >= 0.3 is 0 Å². The smallest absolute Gasteiger partial charge is 0.245 e. The third kappa shape index (κ3) is 5.33. The van der Waals surface area contributed by atoms with Gasteiger partial charge in [0.15, 0.2) is 0 Å². The second-order valence-corrected chi connectivity index (χ2v) is 7.96. The van der Waals surface area contributed by atoms with Gasteiger partial charge in [0.1, 0.15) is 6.04 Å². The summed E-state index contributed by atoms with van der Waals surface area (Å²) in [7, 11) is 0. The molecule has 4 heteroatoms. The van der Waals surface area contributed by atoms with Crippen LogP contribution in [0.15, 0.2) is 18.2 Å². The van der Waals surface area contributed by atoms with Gasteiger partial charge in [-0.1, -0.05) is 38.5 Å². The first kappa shape index (κ1) is 20.5. The summed E-state index contributed by atoms with van der Waals surface area (Å²) >= 11 is 0. The van der Waals surface area contributed by atoms with E-state index in [1.165, 1.54) is 23.6 Å². The van der Waals surface area contributed by atoms with Crippen LogP contribution in [0.25, 0.3) is 0 Å². The molecule has 1 aromatic rings. The van der Waals surface area contributed by atoms with Crippen molar-refractivity contribution in [2.75, 3.05) is 13.1 Å². The molecule has 1 aromatic carbocycles. The maximum absolute atomic E-state index is 12.9. The van der Waals surface area contributed by atoms with Gasteiger partial charge in [-0.05, 0) is 61.6 Å². The Morgan fingerprint density at radius 2 is 1.85 bits per heavy atom. The molecule has 2 rings (SSSR count). The largest absolute Gasteiger partial charge is 0.344 e. The SMILES string of the molecule is CC[C@H](C)[C@H](NC(C)=O)C(=O)N1CCC(Cc2ccc(C)c(C)c2)CC1. The molecule has 1 fully saturated rings. The van der Waals surface area contributed by atoms with E-state index in [0.29, 0.717) is 5.92 Å². The van der Waals surface area contributed by atoms with Crippen molar-refractivity contribution in [2.24, 2.45) is 11.8 Å². The van der Waals surface area contributed by atoms with Gasteiger partial charge in [0.05, 0.1) is 0 Å². The number of nitrogens with zero attached hydrogens (tertiary/aromatic N) is 1. The molecule has 0 saturated carbocycles. The van der Waals surface area contributed by atoms with Crippen LogP contribution in [0.4, 0.5) is 0 Å². The van der Waals surface area contributed by atoms with Gasteiger partial charge in [-0.2, -0.15) is 0 Å². The van der Waals surface area contributed by atoms with Crippen molar-refractivity contribution < 1.29 is 9.59 Å². The predicted octanol–water partition coefficient (Wildman–Crippen LogP) is 3.64. The third-order valence-corrected chi connectivity index (χ3v) is 5.86. The predicted molar refractivity (Wildman–Crippen MR) is 106 cm³/mol. The topological polar surface area (TPSA) is 49.4 Å². The molecule has 2 amide bonds. The Bertz CT molecular complexity index is 633. The fraction of sp³-hybridized carbons (Fsp3) is 0.636. The molecule has 1 aliphatic heterocycles.